The van der Waals surface area contributed by atoms with Crippen LogP contribution in [0.2, 0.25) is 5.02 Å². The van der Waals surface area contributed by atoms with Crippen molar-refractivity contribution in [3.8, 4) is 11.3 Å². The molecule has 0 radical (unpaired) electrons. The van der Waals surface area contributed by atoms with Crippen LogP contribution in [0.1, 0.15) is 24.7 Å². The molecule has 0 aliphatic heterocycles. The van der Waals surface area contributed by atoms with Crippen LogP contribution < -0.4 is 5.32 Å². The smallest absolute Gasteiger partial charge is 0.134 e. The van der Waals surface area contributed by atoms with Crippen LogP contribution in [-0.4, -0.2) is 17.8 Å². The summed E-state index contributed by atoms with van der Waals surface area (Å²) in [5.74, 6) is 1.66. The molecule has 1 aromatic carbocycles. The van der Waals surface area contributed by atoms with Gasteiger partial charge in [-0.1, -0.05) is 30.7 Å². The van der Waals surface area contributed by atoms with Crippen LogP contribution in [-0.2, 0) is 6.54 Å². The lowest BCUT2D eigenvalue weighted by Gasteiger charge is -2.12. The first-order chi connectivity index (χ1) is 9.63. The highest BCUT2D eigenvalue weighted by molar-refractivity contribution is 6.31. The number of furan rings is 1. The molecule has 2 N–H and O–H groups in total. The summed E-state index contributed by atoms with van der Waals surface area (Å²) < 4.78 is 5.80. The zero-order valence-electron chi connectivity index (χ0n) is 11.8. The van der Waals surface area contributed by atoms with Crippen molar-refractivity contribution in [1.82, 2.24) is 5.32 Å². The van der Waals surface area contributed by atoms with Gasteiger partial charge < -0.3 is 14.8 Å². The molecule has 2 aromatic rings. The van der Waals surface area contributed by atoms with Crippen molar-refractivity contribution in [3.05, 3.63) is 46.7 Å². The average Bonchev–Trinajstić information content (AvgIpc) is 2.92. The quantitative estimate of drug-likeness (QED) is 0.852. The Labute approximate surface area is 124 Å². The molecule has 0 saturated heterocycles. The van der Waals surface area contributed by atoms with Crippen molar-refractivity contribution in [3.63, 3.8) is 0 Å². The molecule has 0 bridgehead atoms. The number of halogens is 1. The summed E-state index contributed by atoms with van der Waals surface area (Å²) in [7, 11) is 0. The first kappa shape index (κ1) is 15.1. The predicted octanol–water partition coefficient (Wildman–Crippen LogP) is 3.77. The molecule has 1 heterocycles. The second-order valence-corrected chi connectivity index (χ2v) is 5.31. The molecule has 0 aliphatic carbocycles. The van der Waals surface area contributed by atoms with Gasteiger partial charge >= 0.3 is 0 Å². The van der Waals surface area contributed by atoms with Gasteiger partial charge in [-0.3, -0.25) is 0 Å². The highest BCUT2D eigenvalue weighted by Crippen LogP contribution is 2.26. The predicted molar refractivity (Wildman–Crippen MR) is 81.9 cm³/mol. The molecule has 0 saturated carbocycles. The molecule has 4 heteroatoms. The van der Waals surface area contributed by atoms with E-state index in [1.807, 2.05) is 44.2 Å². The highest BCUT2D eigenvalue weighted by Gasteiger charge is 2.08. The van der Waals surface area contributed by atoms with Gasteiger partial charge in [0.05, 0.1) is 13.2 Å². The minimum atomic E-state index is 0.109. The summed E-state index contributed by atoms with van der Waals surface area (Å²) in [4.78, 5) is 0. The van der Waals surface area contributed by atoms with Crippen LogP contribution in [0.15, 0.2) is 34.7 Å². The van der Waals surface area contributed by atoms with Gasteiger partial charge in [0.2, 0.25) is 0 Å². The van der Waals surface area contributed by atoms with E-state index in [4.69, 9.17) is 21.1 Å². The molecular formula is C16H20ClNO2. The van der Waals surface area contributed by atoms with E-state index in [1.165, 1.54) is 0 Å². The minimum Gasteiger partial charge on any atom is -0.460 e. The van der Waals surface area contributed by atoms with E-state index >= 15 is 0 Å². The monoisotopic (exact) mass is 293 g/mol. The van der Waals surface area contributed by atoms with Crippen molar-refractivity contribution in [1.29, 1.82) is 0 Å². The van der Waals surface area contributed by atoms with Crippen molar-refractivity contribution >= 4 is 11.6 Å². The van der Waals surface area contributed by atoms with E-state index < -0.39 is 0 Å². The summed E-state index contributed by atoms with van der Waals surface area (Å²) in [6.07, 6.45) is 0.887. The van der Waals surface area contributed by atoms with Gasteiger partial charge in [0, 0.05) is 16.6 Å². The van der Waals surface area contributed by atoms with Crippen molar-refractivity contribution in [2.45, 2.75) is 32.9 Å². The molecular weight excluding hydrogens is 274 g/mol. The standard InChI is InChI=1S/C16H20ClNO2/c1-3-13(10-19)18-9-14-6-7-16(20-14)12-5-4-11(2)15(17)8-12/h4-8,13,18-19H,3,9-10H2,1-2H3/t13-/m1/s1. The fourth-order valence-electron chi connectivity index (χ4n) is 1.96. The zero-order chi connectivity index (χ0) is 14.5. The maximum Gasteiger partial charge on any atom is 0.134 e. The summed E-state index contributed by atoms with van der Waals surface area (Å²) in [6, 6.07) is 9.89. The number of aliphatic hydroxyl groups excluding tert-OH is 1. The van der Waals surface area contributed by atoms with Crippen LogP contribution in [0.25, 0.3) is 11.3 Å². The number of aliphatic hydroxyl groups is 1. The number of aryl methyl sites for hydroxylation is 1. The molecule has 0 amide bonds. The third-order valence-electron chi connectivity index (χ3n) is 3.40. The van der Waals surface area contributed by atoms with Gasteiger partial charge in [0.25, 0.3) is 0 Å². The molecule has 108 valence electrons. The Bertz CT molecular complexity index is 561. The Kier molecular flexibility index (Phi) is 5.24. The Morgan fingerprint density at radius 2 is 2.10 bits per heavy atom. The Morgan fingerprint density at radius 3 is 2.75 bits per heavy atom. The van der Waals surface area contributed by atoms with Gasteiger partial charge in [-0.25, -0.2) is 0 Å². The van der Waals surface area contributed by atoms with Gasteiger partial charge in [-0.15, -0.1) is 0 Å². The van der Waals surface area contributed by atoms with E-state index in [9.17, 15) is 0 Å². The average molecular weight is 294 g/mol. The maximum absolute atomic E-state index is 9.14. The number of rotatable bonds is 6. The Balaban J connectivity index is 2.06. The van der Waals surface area contributed by atoms with Crippen LogP contribution in [0.4, 0.5) is 0 Å². The largest absolute Gasteiger partial charge is 0.460 e. The van der Waals surface area contributed by atoms with Gasteiger partial charge in [-0.2, -0.15) is 0 Å². The summed E-state index contributed by atoms with van der Waals surface area (Å²) >= 11 is 6.13. The molecule has 0 unspecified atom stereocenters. The number of benzene rings is 1. The highest BCUT2D eigenvalue weighted by atomic mass is 35.5. The second kappa shape index (κ2) is 6.93. The summed E-state index contributed by atoms with van der Waals surface area (Å²) in [6.45, 7) is 4.76. The van der Waals surface area contributed by atoms with E-state index in [0.29, 0.717) is 6.54 Å². The zero-order valence-corrected chi connectivity index (χ0v) is 12.6. The van der Waals surface area contributed by atoms with Crippen molar-refractivity contribution in [2.75, 3.05) is 6.61 Å². The summed E-state index contributed by atoms with van der Waals surface area (Å²) in [5, 5.41) is 13.1. The minimum absolute atomic E-state index is 0.109. The topological polar surface area (TPSA) is 45.4 Å². The maximum atomic E-state index is 9.14. The van der Waals surface area contributed by atoms with Crippen molar-refractivity contribution < 1.29 is 9.52 Å². The van der Waals surface area contributed by atoms with E-state index in [1.54, 1.807) is 0 Å². The number of hydrogen-bond acceptors (Lipinski definition) is 3. The molecule has 0 spiro atoms. The van der Waals surface area contributed by atoms with Crippen LogP contribution in [0.5, 0.6) is 0 Å². The van der Waals surface area contributed by atoms with Crippen LogP contribution >= 0.6 is 11.6 Å². The van der Waals surface area contributed by atoms with E-state index in [-0.39, 0.29) is 12.6 Å². The Hall–Kier alpha value is -1.29. The Morgan fingerprint density at radius 1 is 1.30 bits per heavy atom. The molecule has 0 fully saturated rings. The molecule has 2 rings (SSSR count). The third kappa shape index (κ3) is 3.63. The van der Waals surface area contributed by atoms with Gasteiger partial charge in [0.1, 0.15) is 11.5 Å². The van der Waals surface area contributed by atoms with E-state index in [2.05, 4.69) is 5.32 Å². The number of hydrogen-bond donors (Lipinski definition) is 2. The second-order valence-electron chi connectivity index (χ2n) is 4.90. The first-order valence-electron chi connectivity index (χ1n) is 6.83. The first-order valence-corrected chi connectivity index (χ1v) is 7.21. The molecule has 1 atom stereocenters. The van der Waals surface area contributed by atoms with Gasteiger partial charge in [-0.05, 0) is 37.1 Å². The lowest BCUT2D eigenvalue weighted by Crippen LogP contribution is -2.30. The fraction of sp³-hybridized carbons (Fsp3) is 0.375. The number of nitrogens with one attached hydrogen (secondary N) is 1. The summed E-state index contributed by atoms with van der Waals surface area (Å²) in [5.41, 5.74) is 2.03. The molecule has 1 aromatic heterocycles. The van der Waals surface area contributed by atoms with Gasteiger partial charge in [0.15, 0.2) is 0 Å². The third-order valence-corrected chi connectivity index (χ3v) is 3.80. The van der Waals surface area contributed by atoms with Crippen LogP contribution in [0, 0.1) is 6.92 Å². The SMILES string of the molecule is CC[C@H](CO)NCc1ccc(-c2ccc(C)c(Cl)c2)o1. The lowest BCUT2D eigenvalue weighted by atomic mass is 10.1. The van der Waals surface area contributed by atoms with E-state index in [0.717, 1.165) is 34.1 Å². The molecule has 3 nitrogen and oxygen atoms in total. The molecule has 20 heavy (non-hydrogen) atoms. The normalized spacial score (nSPS) is 12.6. The van der Waals surface area contributed by atoms with Crippen molar-refractivity contribution in [2.24, 2.45) is 0 Å². The lowest BCUT2D eigenvalue weighted by molar-refractivity contribution is 0.235. The fourth-order valence-corrected chi connectivity index (χ4v) is 2.14. The molecule has 0 aliphatic rings. The van der Waals surface area contributed by atoms with Crippen LogP contribution in [0.3, 0.4) is 0 Å².